The summed E-state index contributed by atoms with van der Waals surface area (Å²) >= 11 is 0. The van der Waals surface area contributed by atoms with Crippen molar-refractivity contribution >= 4 is 5.91 Å². The number of carbonyl (C=O) groups excluding carboxylic acids is 1. The van der Waals surface area contributed by atoms with Crippen molar-refractivity contribution in [2.75, 3.05) is 39.4 Å². The number of rotatable bonds is 8. The molecule has 1 aromatic heterocycles. The summed E-state index contributed by atoms with van der Waals surface area (Å²) in [6, 6.07) is 9.29. The number of morpholine rings is 1. The number of benzene rings is 1. The van der Waals surface area contributed by atoms with E-state index in [1.54, 1.807) is 0 Å². The number of ether oxygens (including phenoxy) is 1. The highest BCUT2D eigenvalue weighted by Crippen LogP contribution is 2.36. The van der Waals surface area contributed by atoms with E-state index >= 15 is 0 Å². The molecule has 216 valence electrons. The van der Waals surface area contributed by atoms with Crippen LogP contribution in [0.5, 0.6) is 0 Å². The van der Waals surface area contributed by atoms with Crippen LogP contribution in [0.15, 0.2) is 24.3 Å². The molecule has 1 saturated heterocycles. The van der Waals surface area contributed by atoms with E-state index in [-0.39, 0.29) is 16.7 Å². The van der Waals surface area contributed by atoms with E-state index in [1.165, 1.54) is 54.5 Å². The predicted molar refractivity (Wildman–Crippen MR) is 163 cm³/mol. The van der Waals surface area contributed by atoms with Crippen LogP contribution in [0.3, 0.4) is 0 Å². The first kappa shape index (κ1) is 29.9. The van der Waals surface area contributed by atoms with Gasteiger partial charge < -0.3 is 14.6 Å². The maximum absolute atomic E-state index is 13.5. The molecule has 0 spiro atoms. The molecule has 0 atom stereocenters. The van der Waals surface area contributed by atoms with Gasteiger partial charge in [0, 0.05) is 37.6 Å². The minimum absolute atomic E-state index is 0.0481. The number of aromatic nitrogens is 1. The minimum atomic E-state index is 0.0481. The van der Waals surface area contributed by atoms with E-state index in [0.29, 0.717) is 12.5 Å². The Kier molecular flexibility index (Phi) is 9.65. The number of amides is 1. The molecule has 1 aromatic carbocycles. The van der Waals surface area contributed by atoms with E-state index < -0.39 is 0 Å². The van der Waals surface area contributed by atoms with Crippen molar-refractivity contribution in [1.82, 2.24) is 14.8 Å². The van der Waals surface area contributed by atoms with Gasteiger partial charge in [0.05, 0.1) is 18.8 Å². The molecule has 0 bridgehead atoms. The zero-order chi connectivity index (χ0) is 28.2. The van der Waals surface area contributed by atoms with Gasteiger partial charge in [0.25, 0.3) is 5.91 Å². The maximum atomic E-state index is 13.5. The Labute approximate surface area is 237 Å². The van der Waals surface area contributed by atoms with Gasteiger partial charge in [0.1, 0.15) is 0 Å². The SMILES string of the molecule is Cc1c(C(=O)NCCCN2CCOCC2)cc(-c2cc(C(C)(C)C)cc(C(C)(C)C)c2)n1CC1CCCCC1. The third-order valence-electron chi connectivity index (χ3n) is 8.78. The topological polar surface area (TPSA) is 46.5 Å². The van der Waals surface area contributed by atoms with Gasteiger partial charge in [0.15, 0.2) is 0 Å². The standard InChI is InChI=1S/C34H53N3O2/c1-25-30(32(38)35-14-11-15-36-16-18-39-19-17-36)23-31(37(25)24-26-12-9-8-10-13-26)27-20-28(33(2,3)4)22-29(21-27)34(5,6)7/h20-23,26H,8-19,24H2,1-7H3,(H,35,38). The Hall–Kier alpha value is -2.11. The third kappa shape index (κ3) is 7.76. The first-order valence-corrected chi connectivity index (χ1v) is 15.4. The van der Waals surface area contributed by atoms with Gasteiger partial charge >= 0.3 is 0 Å². The minimum Gasteiger partial charge on any atom is -0.379 e. The molecule has 39 heavy (non-hydrogen) atoms. The molecule has 0 radical (unpaired) electrons. The Morgan fingerprint density at radius 1 is 0.923 bits per heavy atom. The molecule has 5 nitrogen and oxygen atoms in total. The fraction of sp³-hybridized carbons (Fsp3) is 0.676. The molecule has 1 aliphatic heterocycles. The highest BCUT2D eigenvalue weighted by molar-refractivity contribution is 5.97. The second-order valence-electron chi connectivity index (χ2n) is 14.0. The van der Waals surface area contributed by atoms with Gasteiger partial charge in [-0.1, -0.05) is 66.9 Å². The molecular weight excluding hydrogens is 482 g/mol. The summed E-state index contributed by atoms with van der Waals surface area (Å²) in [5.74, 6) is 0.738. The normalized spacial score (nSPS) is 17.9. The lowest BCUT2D eigenvalue weighted by Gasteiger charge is -2.27. The molecule has 0 unspecified atom stereocenters. The van der Waals surface area contributed by atoms with Gasteiger partial charge in [0.2, 0.25) is 0 Å². The molecule has 2 aromatic rings. The van der Waals surface area contributed by atoms with Crippen molar-refractivity contribution in [2.45, 2.75) is 104 Å². The number of hydrogen-bond donors (Lipinski definition) is 1. The quantitative estimate of drug-likeness (QED) is 0.367. The predicted octanol–water partition coefficient (Wildman–Crippen LogP) is 7.09. The second kappa shape index (κ2) is 12.6. The Morgan fingerprint density at radius 2 is 1.54 bits per heavy atom. The third-order valence-corrected chi connectivity index (χ3v) is 8.78. The van der Waals surface area contributed by atoms with Crippen molar-refractivity contribution in [3.05, 3.63) is 46.6 Å². The van der Waals surface area contributed by atoms with Gasteiger partial charge in [-0.2, -0.15) is 0 Å². The van der Waals surface area contributed by atoms with Crippen LogP contribution in [-0.2, 0) is 22.1 Å². The van der Waals surface area contributed by atoms with Crippen LogP contribution in [0.25, 0.3) is 11.3 Å². The highest BCUT2D eigenvalue weighted by Gasteiger charge is 2.25. The van der Waals surface area contributed by atoms with E-state index in [2.05, 4.69) is 87.5 Å². The molecule has 1 saturated carbocycles. The summed E-state index contributed by atoms with van der Waals surface area (Å²) in [5, 5.41) is 3.24. The lowest BCUT2D eigenvalue weighted by molar-refractivity contribution is 0.0374. The van der Waals surface area contributed by atoms with Gasteiger partial charge in [-0.05, 0) is 84.4 Å². The number of nitrogens with zero attached hydrogens (tertiary/aromatic N) is 2. The average Bonchev–Trinajstić information content (AvgIpc) is 3.22. The van der Waals surface area contributed by atoms with E-state index in [0.717, 1.165) is 57.1 Å². The zero-order valence-electron chi connectivity index (χ0n) is 25.8. The Balaban J connectivity index is 1.63. The van der Waals surface area contributed by atoms with Crippen LogP contribution in [-0.4, -0.2) is 54.8 Å². The average molecular weight is 536 g/mol. The summed E-state index contributed by atoms with van der Waals surface area (Å²) in [6.45, 7) is 22.2. The van der Waals surface area contributed by atoms with Crippen LogP contribution >= 0.6 is 0 Å². The molecule has 1 aliphatic carbocycles. The molecule has 1 amide bonds. The summed E-state index contributed by atoms with van der Waals surface area (Å²) < 4.78 is 7.92. The first-order valence-electron chi connectivity index (χ1n) is 15.4. The second-order valence-corrected chi connectivity index (χ2v) is 14.0. The van der Waals surface area contributed by atoms with Crippen LogP contribution in [0.1, 0.15) is 107 Å². The number of carbonyl (C=O) groups is 1. The first-order chi connectivity index (χ1) is 18.4. The van der Waals surface area contributed by atoms with E-state index in [9.17, 15) is 4.79 Å². The Bertz CT molecular complexity index is 1070. The molecule has 2 aliphatic rings. The summed E-state index contributed by atoms with van der Waals surface area (Å²) in [5.41, 5.74) is 7.14. The molecule has 2 heterocycles. The van der Waals surface area contributed by atoms with Crippen LogP contribution < -0.4 is 5.32 Å². The summed E-state index contributed by atoms with van der Waals surface area (Å²) in [4.78, 5) is 15.9. The van der Waals surface area contributed by atoms with Crippen molar-refractivity contribution in [1.29, 1.82) is 0 Å². The number of nitrogens with one attached hydrogen (secondary N) is 1. The van der Waals surface area contributed by atoms with E-state index in [1.807, 2.05) is 0 Å². The largest absolute Gasteiger partial charge is 0.379 e. The van der Waals surface area contributed by atoms with Gasteiger partial charge in [-0.25, -0.2) is 0 Å². The van der Waals surface area contributed by atoms with Gasteiger partial charge in [-0.3, -0.25) is 9.69 Å². The van der Waals surface area contributed by atoms with Crippen LogP contribution in [0, 0.1) is 12.8 Å². The lowest BCUT2D eigenvalue weighted by atomic mass is 9.79. The highest BCUT2D eigenvalue weighted by atomic mass is 16.5. The van der Waals surface area contributed by atoms with Crippen molar-refractivity contribution in [2.24, 2.45) is 5.92 Å². The number of hydrogen-bond acceptors (Lipinski definition) is 3. The smallest absolute Gasteiger partial charge is 0.253 e. The molecule has 1 N–H and O–H groups in total. The molecule has 2 fully saturated rings. The maximum Gasteiger partial charge on any atom is 0.253 e. The van der Waals surface area contributed by atoms with Crippen molar-refractivity contribution < 1.29 is 9.53 Å². The zero-order valence-corrected chi connectivity index (χ0v) is 25.8. The molecule has 5 heteroatoms. The van der Waals surface area contributed by atoms with Crippen molar-refractivity contribution in [3.8, 4) is 11.3 Å². The Morgan fingerprint density at radius 3 is 2.13 bits per heavy atom. The lowest BCUT2D eigenvalue weighted by Crippen LogP contribution is -2.38. The van der Waals surface area contributed by atoms with E-state index in [4.69, 9.17) is 4.74 Å². The molecular formula is C34H53N3O2. The van der Waals surface area contributed by atoms with Crippen molar-refractivity contribution in [3.63, 3.8) is 0 Å². The molecule has 4 rings (SSSR count). The monoisotopic (exact) mass is 535 g/mol. The summed E-state index contributed by atoms with van der Waals surface area (Å²) in [6.07, 6.45) is 7.54. The van der Waals surface area contributed by atoms with Gasteiger partial charge in [-0.15, -0.1) is 0 Å². The fourth-order valence-electron chi connectivity index (χ4n) is 6.04. The van der Waals surface area contributed by atoms with Crippen LogP contribution in [0.2, 0.25) is 0 Å². The summed E-state index contributed by atoms with van der Waals surface area (Å²) in [7, 11) is 0. The fourth-order valence-corrected chi connectivity index (χ4v) is 6.04. The van der Waals surface area contributed by atoms with Crippen LogP contribution in [0.4, 0.5) is 0 Å².